The Hall–Kier alpha value is -3.35. The van der Waals surface area contributed by atoms with Crippen LogP contribution >= 0.6 is 0 Å². The second kappa shape index (κ2) is 9.02. The van der Waals surface area contributed by atoms with Gasteiger partial charge >= 0.3 is 12.1 Å². The van der Waals surface area contributed by atoms with Crippen molar-refractivity contribution >= 4 is 18.0 Å². The van der Waals surface area contributed by atoms with Gasteiger partial charge in [-0.2, -0.15) is 0 Å². The minimum absolute atomic E-state index is 0.0278. The molecule has 0 spiro atoms. The highest BCUT2D eigenvalue weighted by atomic mass is 16.5. The van der Waals surface area contributed by atoms with Crippen LogP contribution in [0.4, 0.5) is 4.79 Å². The van der Waals surface area contributed by atoms with Crippen molar-refractivity contribution in [2.45, 2.75) is 57.4 Å². The van der Waals surface area contributed by atoms with Gasteiger partial charge in [0.05, 0.1) is 10.8 Å². The quantitative estimate of drug-likeness (QED) is 0.547. The standard InChI is InChI=1S/C28H32N2O5/c1-27(24(31)29-17-28(14-15-28)25(32)33)13-7-6-12-23(27)30-26(34)35-16-22-20-10-4-2-8-18(20)19-9-3-5-11-21(19)22/h2-5,8-11,22-23H,6-7,12-17H2,1H3,(H,29,31)(H,30,34)(H,32,33). The summed E-state index contributed by atoms with van der Waals surface area (Å²) in [6, 6.07) is 16.0. The van der Waals surface area contributed by atoms with Gasteiger partial charge in [-0.15, -0.1) is 0 Å². The Labute approximate surface area is 205 Å². The first-order chi connectivity index (χ1) is 16.8. The number of ether oxygens (including phenoxy) is 1. The zero-order valence-electron chi connectivity index (χ0n) is 20.0. The molecule has 184 valence electrons. The van der Waals surface area contributed by atoms with Gasteiger partial charge in [-0.1, -0.05) is 61.4 Å². The van der Waals surface area contributed by atoms with Crippen LogP contribution < -0.4 is 10.6 Å². The summed E-state index contributed by atoms with van der Waals surface area (Å²) < 4.78 is 5.71. The smallest absolute Gasteiger partial charge is 0.407 e. The Morgan fingerprint density at radius 1 is 0.971 bits per heavy atom. The molecule has 2 amide bonds. The summed E-state index contributed by atoms with van der Waals surface area (Å²) in [6.45, 7) is 2.21. The van der Waals surface area contributed by atoms with Crippen molar-refractivity contribution in [3.8, 4) is 11.1 Å². The van der Waals surface area contributed by atoms with Crippen molar-refractivity contribution in [1.29, 1.82) is 0 Å². The molecule has 3 aliphatic carbocycles. The van der Waals surface area contributed by atoms with Crippen molar-refractivity contribution in [1.82, 2.24) is 10.6 Å². The first-order valence-electron chi connectivity index (χ1n) is 12.5. The molecule has 3 aliphatic rings. The van der Waals surface area contributed by atoms with Crippen molar-refractivity contribution in [3.05, 3.63) is 59.7 Å². The third kappa shape index (κ3) is 4.28. The highest BCUT2D eigenvalue weighted by molar-refractivity contribution is 5.86. The van der Waals surface area contributed by atoms with Gasteiger partial charge in [0.2, 0.25) is 5.91 Å². The number of amides is 2. The van der Waals surface area contributed by atoms with Crippen molar-refractivity contribution < 1.29 is 24.2 Å². The molecule has 2 atom stereocenters. The normalized spacial score (nSPS) is 24.1. The fraction of sp³-hybridized carbons (Fsp3) is 0.464. The highest BCUT2D eigenvalue weighted by Crippen LogP contribution is 2.46. The lowest BCUT2D eigenvalue weighted by atomic mass is 9.71. The molecule has 7 nitrogen and oxygen atoms in total. The Kier molecular flexibility index (Phi) is 6.03. The van der Waals surface area contributed by atoms with E-state index in [9.17, 15) is 19.5 Å². The molecule has 7 heteroatoms. The van der Waals surface area contributed by atoms with Crippen LogP contribution in [0.1, 0.15) is 62.5 Å². The molecule has 0 saturated heterocycles. The number of benzene rings is 2. The van der Waals surface area contributed by atoms with Gasteiger partial charge in [0, 0.05) is 18.5 Å². The zero-order valence-corrected chi connectivity index (χ0v) is 20.0. The van der Waals surface area contributed by atoms with Crippen LogP contribution in [0.25, 0.3) is 11.1 Å². The predicted molar refractivity (Wildman–Crippen MR) is 131 cm³/mol. The third-order valence-corrected chi connectivity index (χ3v) is 8.26. The van der Waals surface area contributed by atoms with Crippen LogP contribution in [0.15, 0.2) is 48.5 Å². The summed E-state index contributed by atoms with van der Waals surface area (Å²) in [4.78, 5) is 37.5. The number of carboxylic acid groups (broad SMARTS) is 1. The summed E-state index contributed by atoms with van der Waals surface area (Å²) in [5.41, 5.74) is 3.01. The SMILES string of the molecule is CC1(C(=O)NCC2(C(=O)O)CC2)CCCCC1NC(=O)OCC1c2ccccc2-c2ccccc21. The molecule has 0 heterocycles. The number of alkyl carbamates (subject to hydrolysis) is 1. The average molecular weight is 477 g/mol. The second-order valence-electron chi connectivity index (χ2n) is 10.5. The maximum atomic E-state index is 13.2. The predicted octanol–water partition coefficient (Wildman–Crippen LogP) is 4.46. The topological polar surface area (TPSA) is 105 Å². The fourth-order valence-electron chi connectivity index (χ4n) is 5.69. The van der Waals surface area contributed by atoms with E-state index < -0.39 is 22.9 Å². The molecular weight excluding hydrogens is 444 g/mol. The number of nitrogens with one attached hydrogen (secondary N) is 2. The maximum absolute atomic E-state index is 13.2. The highest BCUT2D eigenvalue weighted by Gasteiger charge is 2.52. The largest absolute Gasteiger partial charge is 0.481 e. The first kappa shape index (κ1) is 23.4. The van der Waals surface area contributed by atoms with E-state index in [1.807, 2.05) is 31.2 Å². The molecular formula is C28H32N2O5. The Bertz CT molecular complexity index is 1110. The van der Waals surface area contributed by atoms with E-state index in [-0.39, 0.29) is 31.0 Å². The molecule has 3 N–H and O–H groups in total. The molecule has 0 aliphatic heterocycles. The van der Waals surface area contributed by atoms with Gasteiger partial charge in [-0.25, -0.2) is 4.79 Å². The Balaban J connectivity index is 1.23. The van der Waals surface area contributed by atoms with Crippen LogP contribution in [0.5, 0.6) is 0 Å². The zero-order chi connectivity index (χ0) is 24.6. The lowest BCUT2D eigenvalue weighted by molar-refractivity contribution is -0.143. The van der Waals surface area contributed by atoms with Gasteiger partial charge in [0.25, 0.3) is 0 Å². The summed E-state index contributed by atoms with van der Waals surface area (Å²) in [6.07, 6.45) is 3.75. The fourth-order valence-corrected chi connectivity index (χ4v) is 5.69. The van der Waals surface area contributed by atoms with E-state index >= 15 is 0 Å². The third-order valence-electron chi connectivity index (χ3n) is 8.26. The number of carbonyl (C=O) groups is 3. The Morgan fingerprint density at radius 2 is 1.60 bits per heavy atom. The van der Waals surface area contributed by atoms with Gasteiger partial charge in [-0.3, -0.25) is 9.59 Å². The maximum Gasteiger partial charge on any atom is 0.407 e. The molecule has 2 unspecified atom stereocenters. The summed E-state index contributed by atoms with van der Waals surface area (Å²) in [5.74, 6) is -1.09. The van der Waals surface area contributed by atoms with E-state index in [0.717, 1.165) is 24.0 Å². The monoisotopic (exact) mass is 476 g/mol. The van der Waals surface area contributed by atoms with Crippen LogP contribution in [-0.2, 0) is 14.3 Å². The van der Waals surface area contributed by atoms with E-state index in [0.29, 0.717) is 25.7 Å². The molecule has 2 aromatic rings. The first-order valence-corrected chi connectivity index (χ1v) is 12.5. The lowest BCUT2D eigenvalue weighted by Gasteiger charge is -2.40. The van der Waals surface area contributed by atoms with E-state index in [1.165, 1.54) is 11.1 Å². The van der Waals surface area contributed by atoms with Crippen molar-refractivity contribution in [2.75, 3.05) is 13.2 Å². The number of rotatable bonds is 7. The molecule has 2 fully saturated rings. The van der Waals surface area contributed by atoms with Crippen LogP contribution in [0, 0.1) is 10.8 Å². The Morgan fingerprint density at radius 3 is 2.20 bits per heavy atom. The van der Waals surface area contributed by atoms with E-state index in [2.05, 4.69) is 34.9 Å². The molecule has 35 heavy (non-hydrogen) atoms. The van der Waals surface area contributed by atoms with Gasteiger partial charge in [-0.05, 0) is 54.9 Å². The molecule has 0 bridgehead atoms. The molecule has 0 aromatic heterocycles. The number of hydrogen-bond acceptors (Lipinski definition) is 4. The molecule has 5 rings (SSSR count). The van der Waals surface area contributed by atoms with Crippen molar-refractivity contribution in [2.24, 2.45) is 10.8 Å². The van der Waals surface area contributed by atoms with Crippen molar-refractivity contribution in [3.63, 3.8) is 0 Å². The lowest BCUT2D eigenvalue weighted by Crippen LogP contribution is -2.56. The molecule has 2 saturated carbocycles. The summed E-state index contributed by atoms with van der Waals surface area (Å²) >= 11 is 0. The number of carboxylic acids is 1. The number of aliphatic carboxylic acids is 1. The van der Waals surface area contributed by atoms with E-state index in [4.69, 9.17) is 4.74 Å². The van der Waals surface area contributed by atoms with E-state index in [1.54, 1.807) is 0 Å². The second-order valence-corrected chi connectivity index (χ2v) is 10.5. The van der Waals surface area contributed by atoms with Gasteiger partial charge in [0.1, 0.15) is 6.61 Å². The summed E-state index contributed by atoms with van der Waals surface area (Å²) in [5, 5.41) is 15.2. The van der Waals surface area contributed by atoms with Crippen LogP contribution in [0.3, 0.4) is 0 Å². The minimum Gasteiger partial charge on any atom is -0.481 e. The van der Waals surface area contributed by atoms with Gasteiger partial charge < -0.3 is 20.5 Å². The van der Waals surface area contributed by atoms with Gasteiger partial charge in [0.15, 0.2) is 0 Å². The molecule has 2 aromatic carbocycles. The summed E-state index contributed by atoms with van der Waals surface area (Å²) in [7, 11) is 0. The minimum atomic E-state index is -0.861. The number of hydrogen-bond donors (Lipinski definition) is 3. The van der Waals surface area contributed by atoms with Crippen LogP contribution in [-0.4, -0.2) is 42.3 Å². The average Bonchev–Trinajstić information content (AvgIpc) is 3.60. The number of fused-ring (bicyclic) bond motifs is 3. The van der Waals surface area contributed by atoms with Crippen LogP contribution in [0.2, 0.25) is 0 Å². The molecule has 0 radical (unpaired) electrons. The number of carbonyl (C=O) groups excluding carboxylic acids is 2.